The van der Waals surface area contributed by atoms with E-state index in [4.69, 9.17) is 4.74 Å². The molecule has 2 rings (SSSR count). The van der Waals surface area contributed by atoms with Crippen molar-refractivity contribution in [3.8, 4) is 6.01 Å². The summed E-state index contributed by atoms with van der Waals surface area (Å²) < 4.78 is 5.33. The van der Waals surface area contributed by atoms with Crippen LogP contribution in [0.5, 0.6) is 6.01 Å². The summed E-state index contributed by atoms with van der Waals surface area (Å²) in [5.41, 5.74) is 1.10. The van der Waals surface area contributed by atoms with Crippen molar-refractivity contribution in [2.45, 2.75) is 20.4 Å². The summed E-state index contributed by atoms with van der Waals surface area (Å²) in [7, 11) is 0. The molecule has 0 radical (unpaired) electrons. The molecule has 0 fully saturated rings. The second kappa shape index (κ2) is 7.22. The number of hydrogen-bond acceptors (Lipinski definition) is 7. The van der Waals surface area contributed by atoms with Crippen LogP contribution in [-0.4, -0.2) is 33.1 Å². The summed E-state index contributed by atoms with van der Waals surface area (Å²) >= 11 is 0. The summed E-state index contributed by atoms with van der Waals surface area (Å²) in [6, 6.07) is 4.18. The Balaban J connectivity index is 2.09. The highest BCUT2D eigenvalue weighted by Crippen LogP contribution is 2.12. The molecule has 0 aromatic carbocycles. The van der Waals surface area contributed by atoms with Crippen molar-refractivity contribution < 1.29 is 4.74 Å². The predicted octanol–water partition coefficient (Wildman–Crippen LogP) is 1.71. The fourth-order valence-corrected chi connectivity index (χ4v) is 1.55. The summed E-state index contributed by atoms with van der Waals surface area (Å²) in [5.74, 6) is 0.986. The van der Waals surface area contributed by atoms with Gasteiger partial charge in [0, 0.05) is 25.5 Å². The minimum Gasteiger partial charge on any atom is -0.464 e. The van der Waals surface area contributed by atoms with Crippen LogP contribution in [0, 0.1) is 0 Å². The Morgan fingerprint density at radius 2 is 1.70 bits per heavy atom. The molecule has 0 spiro atoms. The van der Waals surface area contributed by atoms with Crippen molar-refractivity contribution in [3.05, 3.63) is 30.1 Å². The molecule has 0 saturated heterocycles. The molecule has 2 aromatic heterocycles. The monoisotopic (exact) mass is 274 g/mol. The number of rotatable bonds is 7. The van der Waals surface area contributed by atoms with Crippen LogP contribution in [0.15, 0.2) is 24.5 Å². The molecule has 0 aliphatic heterocycles. The number of anilines is 2. The lowest BCUT2D eigenvalue weighted by atomic mass is 10.3. The molecule has 2 N–H and O–H groups in total. The van der Waals surface area contributed by atoms with E-state index in [-0.39, 0.29) is 0 Å². The second-order valence-corrected chi connectivity index (χ2v) is 3.94. The predicted molar refractivity (Wildman–Crippen MR) is 76.7 cm³/mol. The van der Waals surface area contributed by atoms with Crippen LogP contribution >= 0.6 is 0 Å². The first-order chi connectivity index (χ1) is 9.81. The summed E-state index contributed by atoms with van der Waals surface area (Å²) in [4.78, 5) is 16.6. The van der Waals surface area contributed by atoms with Crippen LogP contribution in [0.25, 0.3) is 0 Å². The Morgan fingerprint density at radius 3 is 2.35 bits per heavy atom. The van der Waals surface area contributed by atoms with Crippen molar-refractivity contribution in [1.29, 1.82) is 0 Å². The quantitative estimate of drug-likeness (QED) is 0.795. The highest BCUT2D eigenvalue weighted by Gasteiger charge is 2.06. The van der Waals surface area contributed by atoms with E-state index in [0.29, 0.717) is 31.1 Å². The van der Waals surface area contributed by atoms with Gasteiger partial charge in [0.25, 0.3) is 0 Å². The topological polar surface area (TPSA) is 84.9 Å². The third-order valence-electron chi connectivity index (χ3n) is 2.42. The summed E-state index contributed by atoms with van der Waals surface area (Å²) in [6.07, 6.45) is 3.50. The Kier molecular flexibility index (Phi) is 5.05. The molecule has 2 heterocycles. The van der Waals surface area contributed by atoms with Gasteiger partial charge in [-0.3, -0.25) is 4.98 Å². The van der Waals surface area contributed by atoms with Gasteiger partial charge in [0.1, 0.15) is 0 Å². The van der Waals surface area contributed by atoms with Gasteiger partial charge in [-0.2, -0.15) is 15.0 Å². The van der Waals surface area contributed by atoms with Gasteiger partial charge in [-0.15, -0.1) is 0 Å². The molecule has 106 valence electrons. The van der Waals surface area contributed by atoms with Crippen LogP contribution in [0.1, 0.15) is 19.4 Å². The van der Waals surface area contributed by atoms with E-state index < -0.39 is 0 Å². The first-order valence-electron chi connectivity index (χ1n) is 6.57. The molecule has 0 unspecified atom stereocenters. The maximum atomic E-state index is 5.33. The Labute approximate surface area is 117 Å². The molecule has 0 atom stereocenters. The van der Waals surface area contributed by atoms with Crippen LogP contribution in [-0.2, 0) is 6.54 Å². The lowest BCUT2D eigenvalue weighted by Crippen LogP contribution is -2.10. The third-order valence-corrected chi connectivity index (χ3v) is 2.42. The minimum absolute atomic E-state index is 0.315. The van der Waals surface area contributed by atoms with Gasteiger partial charge < -0.3 is 15.4 Å². The van der Waals surface area contributed by atoms with Crippen molar-refractivity contribution in [1.82, 2.24) is 19.9 Å². The Bertz CT molecular complexity index is 509. The summed E-state index contributed by atoms with van der Waals surface area (Å²) in [6.45, 7) is 5.73. The van der Waals surface area contributed by atoms with Gasteiger partial charge in [-0.25, -0.2) is 0 Å². The smallest absolute Gasteiger partial charge is 0.323 e. The Morgan fingerprint density at radius 1 is 1.00 bits per heavy atom. The van der Waals surface area contributed by atoms with Gasteiger partial charge >= 0.3 is 6.01 Å². The summed E-state index contributed by atoms with van der Waals surface area (Å²) in [5, 5.41) is 6.20. The van der Waals surface area contributed by atoms with Crippen LogP contribution in [0.2, 0.25) is 0 Å². The zero-order valence-electron chi connectivity index (χ0n) is 11.6. The number of nitrogens with one attached hydrogen (secondary N) is 2. The number of pyridine rings is 1. The molecule has 0 amide bonds. The van der Waals surface area contributed by atoms with E-state index in [0.717, 1.165) is 12.1 Å². The van der Waals surface area contributed by atoms with Gasteiger partial charge in [-0.1, -0.05) is 0 Å². The van der Waals surface area contributed by atoms with E-state index in [1.54, 1.807) is 12.4 Å². The Hall–Kier alpha value is -2.44. The molecule has 0 aliphatic rings. The standard InChI is InChI=1S/C13H18N6O/c1-3-15-11-17-12(19-13(18-11)20-4-2)16-9-10-5-7-14-8-6-10/h5-8H,3-4,9H2,1-2H3,(H2,15,16,17,18,19). The van der Waals surface area contributed by atoms with E-state index in [9.17, 15) is 0 Å². The van der Waals surface area contributed by atoms with E-state index in [1.807, 2.05) is 26.0 Å². The van der Waals surface area contributed by atoms with Crippen molar-refractivity contribution in [3.63, 3.8) is 0 Å². The lowest BCUT2D eigenvalue weighted by molar-refractivity contribution is 0.312. The molecule has 0 bridgehead atoms. The molecule has 20 heavy (non-hydrogen) atoms. The van der Waals surface area contributed by atoms with Crippen LogP contribution in [0.3, 0.4) is 0 Å². The average Bonchev–Trinajstić information content (AvgIpc) is 2.47. The molecule has 0 saturated carbocycles. The minimum atomic E-state index is 0.315. The second-order valence-electron chi connectivity index (χ2n) is 3.94. The molecular weight excluding hydrogens is 256 g/mol. The first-order valence-corrected chi connectivity index (χ1v) is 6.57. The van der Waals surface area contributed by atoms with Crippen molar-refractivity contribution in [2.75, 3.05) is 23.8 Å². The zero-order valence-corrected chi connectivity index (χ0v) is 11.6. The van der Waals surface area contributed by atoms with Crippen molar-refractivity contribution in [2.24, 2.45) is 0 Å². The third kappa shape index (κ3) is 4.04. The normalized spacial score (nSPS) is 10.1. The molecule has 7 nitrogen and oxygen atoms in total. The molecule has 2 aromatic rings. The highest BCUT2D eigenvalue weighted by atomic mass is 16.5. The van der Waals surface area contributed by atoms with Crippen LogP contribution in [0.4, 0.5) is 11.9 Å². The number of ether oxygens (including phenoxy) is 1. The van der Waals surface area contributed by atoms with Gasteiger partial charge in [-0.05, 0) is 31.5 Å². The maximum absolute atomic E-state index is 5.33. The van der Waals surface area contributed by atoms with Gasteiger partial charge in [0.2, 0.25) is 11.9 Å². The van der Waals surface area contributed by atoms with E-state index in [2.05, 4.69) is 30.6 Å². The fourth-order valence-electron chi connectivity index (χ4n) is 1.55. The highest BCUT2D eigenvalue weighted by molar-refractivity contribution is 5.36. The average molecular weight is 274 g/mol. The van der Waals surface area contributed by atoms with Crippen molar-refractivity contribution >= 4 is 11.9 Å². The lowest BCUT2D eigenvalue weighted by Gasteiger charge is -2.09. The zero-order chi connectivity index (χ0) is 14.2. The molecule has 0 aliphatic carbocycles. The number of aromatic nitrogens is 4. The molecular formula is C13H18N6O. The first kappa shape index (κ1) is 14.0. The largest absolute Gasteiger partial charge is 0.464 e. The molecule has 7 heteroatoms. The number of hydrogen-bond donors (Lipinski definition) is 2. The fraction of sp³-hybridized carbons (Fsp3) is 0.385. The van der Waals surface area contributed by atoms with E-state index >= 15 is 0 Å². The van der Waals surface area contributed by atoms with Crippen LogP contribution < -0.4 is 15.4 Å². The maximum Gasteiger partial charge on any atom is 0.323 e. The number of nitrogens with zero attached hydrogens (tertiary/aromatic N) is 4. The van der Waals surface area contributed by atoms with Gasteiger partial charge in [0.05, 0.1) is 6.61 Å². The van der Waals surface area contributed by atoms with Gasteiger partial charge in [0.15, 0.2) is 0 Å². The van der Waals surface area contributed by atoms with E-state index in [1.165, 1.54) is 0 Å². The SMILES string of the molecule is CCNc1nc(NCc2ccncc2)nc(OCC)n1.